The van der Waals surface area contributed by atoms with Crippen molar-refractivity contribution >= 4 is 5.91 Å². The molecule has 3 saturated heterocycles. The highest BCUT2D eigenvalue weighted by molar-refractivity contribution is 5.79. The first-order chi connectivity index (χ1) is 13.2. The molecule has 1 aromatic heterocycles. The summed E-state index contributed by atoms with van der Waals surface area (Å²) in [5.74, 6) is 0.702. The summed E-state index contributed by atoms with van der Waals surface area (Å²) in [6.07, 6.45) is 4.58. The van der Waals surface area contributed by atoms with Gasteiger partial charge in [-0.15, -0.1) is 5.10 Å². The minimum atomic E-state index is 0.0828. The predicted octanol–water partition coefficient (Wildman–Crippen LogP) is 0.840. The summed E-state index contributed by atoms with van der Waals surface area (Å²) in [5.41, 5.74) is 1.96. The molecule has 7 heteroatoms. The molecule has 4 atom stereocenters. The Hall–Kier alpha value is -2.25. The average molecular weight is 369 g/mol. The summed E-state index contributed by atoms with van der Waals surface area (Å²) in [5, 5.41) is 20.4. The number of nitrogens with one attached hydrogen (secondary N) is 1. The predicted molar refractivity (Wildman–Crippen MR) is 101 cm³/mol. The Bertz CT molecular complexity index is 763. The number of aromatic nitrogens is 3. The van der Waals surface area contributed by atoms with Gasteiger partial charge in [0.25, 0.3) is 0 Å². The van der Waals surface area contributed by atoms with Gasteiger partial charge in [0.05, 0.1) is 18.2 Å². The monoisotopic (exact) mass is 369 g/mol. The zero-order chi connectivity index (χ0) is 18.6. The Kier molecular flexibility index (Phi) is 5.50. The third kappa shape index (κ3) is 4.20. The van der Waals surface area contributed by atoms with Crippen molar-refractivity contribution in [2.24, 2.45) is 11.8 Å². The Labute approximate surface area is 159 Å². The van der Waals surface area contributed by atoms with Gasteiger partial charge in [-0.05, 0) is 30.9 Å². The van der Waals surface area contributed by atoms with Crippen molar-refractivity contribution in [1.82, 2.24) is 25.2 Å². The van der Waals surface area contributed by atoms with Gasteiger partial charge >= 0.3 is 0 Å². The number of piperidine rings is 3. The minimum Gasteiger partial charge on any atom is -0.396 e. The summed E-state index contributed by atoms with van der Waals surface area (Å²) in [6, 6.07) is 10.5. The molecule has 0 radical (unpaired) electrons. The number of carbonyl (C=O) groups is 1. The zero-order valence-corrected chi connectivity index (χ0v) is 15.5. The fraction of sp³-hybridized carbons (Fsp3) is 0.550. The number of nitrogens with zero attached hydrogens (tertiary/aromatic N) is 4. The maximum Gasteiger partial charge on any atom is 0.224 e. The molecule has 2 bridgehead atoms. The van der Waals surface area contributed by atoms with E-state index in [0.717, 1.165) is 43.7 Å². The lowest BCUT2D eigenvalue weighted by Crippen LogP contribution is -2.58. The van der Waals surface area contributed by atoms with Crippen LogP contribution in [0.3, 0.4) is 0 Å². The van der Waals surface area contributed by atoms with Gasteiger partial charge in [0, 0.05) is 38.4 Å². The largest absolute Gasteiger partial charge is 0.396 e. The first-order valence-electron chi connectivity index (χ1n) is 9.78. The van der Waals surface area contributed by atoms with Gasteiger partial charge in [0.2, 0.25) is 5.91 Å². The molecule has 0 aliphatic carbocycles. The highest BCUT2D eigenvalue weighted by atomic mass is 16.3. The van der Waals surface area contributed by atoms with E-state index in [9.17, 15) is 4.79 Å². The average Bonchev–Trinajstić information content (AvgIpc) is 3.14. The van der Waals surface area contributed by atoms with Crippen molar-refractivity contribution in [1.29, 1.82) is 0 Å². The molecule has 27 heavy (non-hydrogen) atoms. The van der Waals surface area contributed by atoms with Crippen LogP contribution in [0.25, 0.3) is 0 Å². The lowest BCUT2D eigenvalue weighted by atomic mass is 9.75. The van der Waals surface area contributed by atoms with E-state index < -0.39 is 0 Å². The van der Waals surface area contributed by atoms with E-state index in [-0.39, 0.29) is 18.4 Å². The highest BCUT2D eigenvalue weighted by Gasteiger charge is 2.43. The number of aliphatic hydroxyl groups is 1. The van der Waals surface area contributed by atoms with Gasteiger partial charge in [0.15, 0.2) is 0 Å². The fourth-order valence-electron chi connectivity index (χ4n) is 4.41. The molecule has 3 aliphatic rings. The third-order valence-corrected chi connectivity index (χ3v) is 5.88. The Morgan fingerprint density at radius 1 is 1.30 bits per heavy atom. The molecule has 2 N–H and O–H groups in total. The molecular formula is C20H27N5O2. The first kappa shape index (κ1) is 18.1. The van der Waals surface area contributed by atoms with Crippen LogP contribution in [-0.4, -0.2) is 56.6 Å². The van der Waals surface area contributed by atoms with Crippen molar-refractivity contribution in [3.63, 3.8) is 0 Å². The number of hydrogen-bond donors (Lipinski definition) is 2. The molecule has 0 spiro atoms. The molecule has 2 aromatic rings. The molecule has 1 amide bonds. The maximum atomic E-state index is 12.7. The standard InChI is InChI=1S/C20H27N5O2/c26-9-7-17-12-25(23-22-17)13-18-10-16-6-8-24(18)14-19(16)20(27)21-11-15-4-2-1-3-5-15/h1-5,12,16,18-19,26H,6-11,13-14H2,(H,21,27)/t16-,18-,19-/m1/s1. The second-order valence-electron chi connectivity index (χ2n) is 7.65. The van der Waals surface area contributed by atoms with Crippen LogP contribution in [0.15, 0.2) is 36.5 Å². The summed E-state index contributed by atoms with van der Waals surface area (Å²) in [7, 11) is 0. The Morgan fingerprint density at radius 3 is 2.89 bits per heavy atom. The van der Waals surface area contributed by atoms with Crippen molar-refractivity contribution in [3.8, 4) is 0 Å². The van der Waals surface area contributed by atoms with Crippen LogP contribution in [0.2, 0.25) is 0 Å². The second-order valence-corrected chi connectivity index (χ2v) is 7.65. The molecule has 3 aliphatic heterocycles. The van der Waals surface area contributed by atoms with Crippen LogP contribution < -0.4 is 5.32 Å². The third-order valence-electron chi connectivity index (χ3n) is 5.88. The van der Waals surface area contributed by atoms with Gasteiger partial charge in [0.1, 0.15) is 0 Å². The SMILES string of the molecule is O=C(NCc1ccccc1)[C@@H]1CN2CC[C@@H]1C[C@@H]2Cn1cc(CCO)nn1. The molecule has 5 rings (SSSR count). The normalized spacial score (nSPS) is 26.9. The zero-order valence-electron chi connectivity index (χ0n) is 15.5. The fourth-order valence-corrected chi connectivity index (χ4v) is 4.41. The van der Waals surface area contributed by atoms with E-state index in [1.165, 1.54) is 0 Å². The topological polar surface area (TPSA) is 83.3 Å². The Morgan fingerprint density at radius 2 is 2.15 bits per heavy atom. The Balaban J connectivity index is 1.32. The molecule has 1 aromatic carbocycles. The van der Waals surface area contributed by atoms with Crippen LogP contribution in [0.1, 0.15) is 24.1 Å². The lowest BCUT2D eigenvalue weighted by molar-refractivity contribution is -0.133. The van der Waals surface area contributed by atoms with Gasteiger partial charge in [-0.3, -0.25) is 14.4 Å². The van der Waals surface area contributed by atoms with Crippen molar-refractivity contribution in [3.05, 3.63) is 47.8 Å². The highest BCUT2D eigenvalue weighted by Crippen LogP contribution is 2.36. The van der Waals surface area contributed by atoms with E-state index in [1.807, 2.05) is 41.2 Å². The molecule has 7 nitrogen and oxygen atoms in total. The number of fused-ring (bicyclic) bond motifs is 3. The quantitative estimate of drug-likeness (QED) is 0.756. The lowest BCUT2D eigenvalue weighted by Gasteiger charge is -2.49. The van der Waals surface area contributed by atoms with Gasteiger partial charge < -0.3 is 10.4 Å². The molecular weight excluding hydrogens is 342 g/mol. The summed E-state index contributed by atoms with van der Waals surface area (Å²) < 4.78 is 1.88. The number of rotatable bonds is 7. The van der Waals surface area contributed by atoms with Crippen molar-refractivity contribution in [2.75, 3.05) is 19.7 Å². The van der Waals surface area contributed by atoms with E-state index >= 15 is 0 Å². The van der Waals surface area contributed by atoms with E-state index in [0.29, 0.717) is 24.9 Å². The van der Waals surface area contributed by atoms with E-state index in [2.05, 4.69) is 20.5 Å². The van der Waals surface area contributed by atoms with Crippen LogP contribution in [0.4, 0.5) is 0 Å². The molecule has 3 fully saturated rings. The van der Waals surface area contributed by atoms with Crippen LogP contribution >= 0.6 is 0 Å². The number of amides is 1. The number of benzene rings is 1. The minimum absolute atomic E-state index is 0.0828. The molecule has 0 saturated carbocycles. The second kappa shape index (κ2) is 8.19. The molecule has 1 unspecified atom stereocenters. The first-order valence-corrected chi connectivity index (χ1v) is 9.78. The summed E-state index contributed by atoms with van der Waals surface area (Å²) in [4.78, 5) is 15.1. The van der Waals surface area contributed by atoms with Gasteiger partial charge in [-0.1, -0.05) is 35.5 Å². The van der Waals surface area contributed by atoms with Gasteiger partial charge in [-0.2, -0.15) is 0 Å². The van der Waals surface area contributed by atoms with Crippen molar-refractivity contribution in [2.45, 2.75) is 38.4 Å². The van der Waals surface area contributed by atoms with Crippen LogP contribution in [0, 0.1) is 11.8 Å². The summed E-state index contributed by atoms with van der Waals surface area (Å²) in [6.45, 7) is 3.37. The maximum absolute atomic E-state index is 12.7. The van der Waals surface area contributed by atoms with E-state index in [1.54, 1.807) is 0 Å². The van der Waals surface area contributed by atoms with Crippen LogP contribution in [0.5, 0.6) is 0 Å². The molecule has 4 heterocycles. The number of hydrogen-bond acceptors (Lipinski definition) is 5. The smallest absolute Gasteiger partial charge is 0.224 e. The molecule has 144 valence electrons. The van der Waals surface area contributed by atoms with Crippen molar-refractivity contribution < 1.29 is 9.90 Å². The number of carbonyl (C=O) groups excluding carboxylic acids is 1. The van der Waals surface area contributed by atoms with E-state index in [4.69, 9.17) is 5.11 Å². The number of aliphatic hydroxyl groups excluding tert-OH is 1. The van der Waals surface area contributed by atoms with Gasteiger partial charge in [-0.25, -0.2) is 0 Å². The van der Waals surface area contributed by atoms with Crippen LogP contribution in [-0.2, 0) is 24.3 Å². The summed E-state index contributed by atoms with van der Waals surface area (Å²) >= 11 is 0.